The highest BCUT2D eigenvalue weighted by atomic mass is 32.1. The van der Waals surface area contributed by atoms with Gasteiger partial charge in [-0.2, -0.15) is 12.6 Å². The van der Waals surface area contributed by atoms with Crippen LogP contribution in [0.2, 0.25) is 0 Å². The van der Waals surface area contributed by atoms with E-state index < -0.39 is 0 Å². The Labute approximate surface area is 65.1 Å². The van der Waals surface area contributed by atoms with Gasteiger partial charge in [-0.25, -0.2) is 0 Å². The molecule has 0 radical (unpaired) electrons. The summed E-state index contributed by atoms with van der Waals surface area (Å²) < 4.78 is 0. The number of carbonyl (C=O) groups excluding carboxylic acids is 1. The quantitative estimate of drug-likeness (QED) is 0.503. The minimum Gasteiger partial charge on any atom is -0.367 e. The van der Waals surface area contributed by atoms with E-state index in [1.165, 1.54) is 0 Å². The standard InChI is InChI=1S/C7H9NOS/c9-7(2-4-10)6-1-3-8-5-6/h1,3,5,8,10H,2,4H2. The number of ketones is 1. The van der Waals surface area contributed by atoms with Gasteiger partial charge in [-0.3, -0.25) is 4.79 Å². The molecule has 0 saturated heterocycles. The van der Waals surface area contributed by atoms with E-state index in [9.17, 15) is 4.79 Å². The molecule has 1 N–H and O–H groups in total. The second-order valence-electron chi connectivity index (χ2n) is 2.00. The summed E-state index contributed by atoms with van der Waals surface area (Å²) in [7, 11) is 0. The van der Waals surface area contributed by atoms with Crippen molar-refractivity contribution in [2.24, 2.45) is 0 Å². The van der Waals surface area contributed by atoms with Crippen LogP contribution in [0.3, 0.4) is 0 Å². The molecule has 0 aromatic carbocycles. The molecule has 0 aliphatic carbocycles. The molecule has 10 heavy (non-hydrogen) atoms. The van der Waals surface area contributed by atoms with Crippen molar-refractivity contribution in [1.82, 2.24) is 4.98 Å². The highest BCUT2D eigenvalue weighted by Crippen LogP contribution is 2.01. The smallest absolute Gasteiger partial charge is 0.165 e. The van der Waals surface area contributed by atoms with Gasteiger partial charge in [0.25, 0.3) is 0 Å². The number of H-pyrrole nitrogens is 1. The van der Waals surface area contributed by atoms with E-state index in [0.717, 1.165) is 5.56 Å². The lowest BCUT2D eigenvalue weighted by Crippen LogP contribution is -1.96. The number of hydrogen-bond donors (Lipinski definition) is 2. The van der Waals surface area contributed by atoms with Gasteiger partial charge in [-0.15, -0.1) is 0 Å². The highest BCUT2D eigenvalue weighted by molar-refractivity contribution is 7.80. The third-order valence-electron chi connectivity index (χ3n) is 1.26. The molecule has 1 aromatic rings. The van der Waals surface area contributed by atoms with Crippen molar-refractivity contribution < 1.29 is 4.79 Å². The molecule has 0 saturated carbocycles. The average molecular weight is 155 g/mol. The first-order chi connectivity index (χ1) is 4.84. The Kier molecular flexibility index (Phi) is 2.57. The van der Waals surface area contributed by atoms with Crippen molar-refractivity contribution in [2.45, 2.75) is 6.42 Å². The maximum Gasteiger partial charge on any atom is 0.165 e. The summed E-state index contributed by atoms with van der Waals surface area (Å²) in [5.74, 6) is 0.764. The van der Waals surface area contributed by atoms with Crippen molar-refractivity contribution in [1.29, 1.82) is 0 Å². The molecule has 0 unspecified atom stereocenters. The zero-order valence-electron chi connectivity index (χ0n) is 5.50. The molecule has 1 rings (SSSR count). The van der Waals surface area contributed by atoms with E-state index in [1.54, 1.807) is 18.5 Å². The van der Waals surface area contributed by atoms with E-state index in [1.807, 2.05) is 0 Å². The first-order valence-electron chi connectivity index (χ1n) is 3.11. The topological polar surface area (TPSA) is 32.9 Å². The van der Waals surface area contributed by atoms with Gasteiger partial charge in [0, 0.05) is 24.4 Å². The lowest BCUT2D eigenvalue weighted by molar-refractivity contribution is 0.0990. The van der Waals surface area contributed by atoms with Crippen LogP contribution in [0.15, 0.2) is 18.5 Å². The number of hydrogen-bond acceptors (Lipinski definition) is 2. The van der Waals surface area contributed by atoms with Crippen LogP contribution in [0.4, 0.5) is 0 Å². The van der Waals surface area contributed by atoms with Crippen LogP contribution in [-0.2, 0) is 0 Å². The summed E-state index contributed by atoms with van der Waals surface area (Å²) in [6, 6.07) is 1.77. The number of thiol groups is 1. The zero-order valence-corrected chi connectivity index (χ0v) is 6.40. The number of aromatic amines is 1. The second kappa shape index (κ2) is 3.46. The van der Waals surface area contributed by atoms with Crippen LogP contribution in [0.1, 0.15) is 16.8 Å². The maximum absolute atomic E-state index is 11.0. The molecule has 3 heteroatoms. The summed E-state index contributed by atoms with van der Waals surface area (Å²) in [5.41, 5.74) is 0.744. The predicted octanol–water partition coefficient (Wildman–Crippen LogP) is 1.52. The number of rotatable bonds is 3. The first-order valence-corrected chi connectivity index (χ1v) is 3.74. The van der Waals surface area contributed by atoms with E-state index in [4.69, 9.17) is 0 Å². The average Bonchev–Trinajstić information content (AvgIpc) is 2.38. The molecule has 0 atom stereocenters. The molecular formula is C7H9NOS. The second-order valence-corrected chi connectivity index (χ2v) is 2.44. The Balaban J connectivity index is 2.59. The van der Waals surface area contributed by atoms with Gasteiger partial charge in [0.2, 0.25) is 0 Å². The fourth-order valence-corrected chi connectivity index (χ4v) is 0.946. The molecule has 0 amide bonds. The van der Waals surface area contributed by atoms with E-state index in [-0.39, 0.29) is 5.78 Å². The Morgan fingerprint density at radius 2 is 2.50 bits per heavy atom. The fraction of sp³-hybridized carbons (Fsp3) is 0.286. The molecule has 1 heterocycles. The molecule has 0 aliphatic heterocycles. The number of nitrogens with one attached hydrogen (secondary N) is 1. The number of carbonyl (C=O) groups is 1. The minimum absolute atomic E-state index is 0.149. The van der Waals surface area contributed by atoms with E-state index in [2.05, 4.69) is 17.6 Å². The summed E-state index contributed by atoms with van der Waals surface area (Å²) in [6.07, 6.45) is 3.96. The van der Waals surface area contributed by atoms with Crippen LogP contribution >= 0.6 is 12.6 Å². The molecule has 1 aromatic heterocycles. The lowest BCUT2D eigenvalue weighted by atomic mass is 10.2. The van der Waals surface area contributed by atoms with Gasteiger partial charge >= 0.3 is 0 Å². The van der Waals surface area contributed by atoms with E-state index >= 15 is 0 Å². The van der Waals surface area contributed by atoms with Gasteiger partial charge in [0.15, 0.2) is 5.78 Å². The maximum atomic E-state index is 11.0. The zero-order chi connectivity index (χ0) is 7.40. The van der Waals surface area contributed by atoms with E-state index in [0.29, 0.717) is 12.2 Å². The number of Topliss-reactive ketones (excluding diaryl/α,β-unsaturated/α-hetero) is 1. The van der Waals surface area contributed by atoms with Crippen LogP contribution in [-0.4, -0.2) is 16.5 Å². The van der Waals surface area contributed by atoms with Gasteiger partial charge in [-0.05, 0) is 11.8 Å². The van der Waals surface area contributed by atoms with Crippen molar-refractivity contribution in [3.63, 3.8) is 0 Å². The van der Waals surface area contributed by atoms with Crippen LogP contribution in [0.5, 0.6) is 0 Å². The molecule has 54 valence electrons. The molecule has 0 bridgehead atoms. The van der Waals surface area contributed by atoms with Gasteiger partial charge in [0.1, 0.15) is 0 Å². The Hall–Kier alpha value is -0.700. The SMILES string of the molecule is O=C(CCS)c1cc[nH]c1. The summed E-state index contributed by atoms with van der Waals surface area (Å²) in [4.78, 5) is 13.9. The first kappa shape index (κ1) is 7.41. The van der Waals surface area contributed by atoms with Gasteiger partial charge in [0.05, 0.1) is 0 Å². The van der Waals surface area contributed by atoms with Crippen LogP contribution in [0.25, 0.3) is 0 Å². The third-order valence-corrected chi connectivity index (χ3v) is 1.48. The summed E-state index contributed by atoms with van der Waals surface area (Å²) in [5, 5.41) is 0. The fourth-order valence-electron chi connectivity index (χ4n) is 0.743. The predicted molar refractivity (Wildman–Crippen MR) is 43.6 cm³/mol. The van der Waals surface area contributed by atoms with Crippen molar-refractivity contribution in [3.8, 4) is 0 Å². The monoisotopic (exact) mass is 155 g/mol. The molecular weight excluding hydrogens is 146 g/mol. The van der Waals surface area contributed by atoms with Crippen molar-refractivity contribution >= 4 is 18.4 Å². The normalized spacial score (nSPS) is 9.70. The Morgan fingerprint density at radius 1 is 1.70 bits per heavy atom. The van der Waals surface area contributed by atoms with Gasteiger partial charge < -0.3 is 4.98 Å². The minimum atomic E-state index is 0.149. The highest BCUT2D eigenvalue weighted by Gasteiger charge is 2.02. The molecule has 2 nitrogen and oxygen atoms in total. The molecule has 0 aliphatic rings. The van der Waals surface area contributed by atoms with Crippen LogP contribution in [0, 0.1) is 0 Å². The third kappa shape index (κ3) is 1.64. The van der Waals surface area contributed by atoms with Gasteiger partial charge in [-0.1, -0.05) is 0 Å². The Morgan fingerprint density at radius 3 is 3.00 bits per heavy atom. The summed E-state index contributed by atoms with van der Waals surface area (Å²) in [6.45, 7) is 0. The largest absolute Gasteiger partial charge is 0.367 e. The van der Waals surface area contributed by atoms with Crippen molar-refractivity contribution in [2.75, 3.05) is 5.75 Å². The Bertz CT molecular complexity index is 205. The molecule has 0 fully saturated rings. The summed E-state index contributed by atoms with van der Waals surface area (Å²) >= 11 is 3.96. The lowest BCUT2D eigenvalue weighted by Gasteiger charge is -1.90. The van der Waals surface area contributed by atoms with Crippen LogP contribution < -0.4 is 0 Å². The number of aromatic nitrogens is 1. The van der Waals surface area contributed by atoms with Crippen molar-refractivity contribution in [3.05, 3.63) is 24.0 Å². The molecule has 0 spiro atoms.